The van der Waals surface area contributed by atoms with Crippen molar-refractivity contribution in [1.82, 2.24) is 0 Å². The molecule has 0 radical (unpaired) electrons. The van der Waals surface area contributed by atoms with Gasteiger partial charge in [-0.1, -0.05) is 35.9 Å². The molecule has 0 aliphatic rings. The second-order valence-electron chi connectivity index (χ2n) is 3.43. The minimum Gasteiger partial charge on any atom is -0.290 e. The lowest BCUT2D eigenvalue weighted by atomic mass is 10.1. The van der Waals surface area contributed by atoms with Crippen LogP contribution in [0, 0.1) is 6.92 Å². The third-order valence-corrected chi connectivity index (χ3v) is 6.37. The zero-order valence-corrected chi connectivity index (χ0v) is 11.9. The van der Waals surface area contributed by atoms with Crippen molar-refractivity contribution in [1.29, 1.82) is 0 Å². The average molecular weight is 326 g/mol. The van der Waals surface area contributed by atoms with Crippen molar-refractivity contribution in [3.8, 4) is 0 Å². The molecule has 6 heteroatoms. The number of alkyl halides is 2. The molecule has 16 heavy (non-hydrogen) atoms. The molecule has 1 unspecified atom stereocenters. The van der Waals surface area contributed by atoms with E-state index in [9.17, 15) is 13.2 Å². The van der Waals surface area contributed by atoms with Gasteiger partial charge in [0.1, 0.15) is 0 Å². The van der Waals surface area contributed by atoms with E-state index < -0.39 is 18.7 Å². The highest BCUT2D eigenvalue weighted by atomic mass is 79.9. The van der Waals surface area contributed by atoms with E-state index in [1.54, 1.807) is 31.2 Å². The minimum atomic E-state index is -3.73. The first-order valence-electron chi connectivity index (χ1n) is 4.36. The third-order valence-electron chi connectivity index (χ3n) is 2.12. The number of benzene rings is 1. The van der Waals surface area contributed by atoms with Crippen LogP contribution in [0.3, 0.4) is 0 Å². The van der Waals surface area contributed by atoms with Gasteiger partial charge in [-0.25, -0.2) is 8.42 Å². The number of Topliss-reactive ketones (excluding diaryl/α,β-unsaturated/α-hetero) is 1. The van der Waals surface area contributed by atoms with Gasteiger partial charge in [0.15, 0.2) is 9.84 Å². The highest BCUT2D eigenvalue weighted by molar-refractivity contribution is 9.12. The van der Waals surface area contributed by atoms with E-state index in [-0.39, 0.29) is 0 Å². The van der Waals surface area contributed by atoms with E-state index in [0.717, 1.165) is 6.26 Å². The molecule has 0 aromatic heterocycles. The van der Waals surface area contributed by atoms with Gasteiger partial charge in [-0.2, -0.15) is 0 Å². The standard InChI is InChI=1S/C10H10BrClO3S/c1-7-5-3-4-6-8(7)9(13)10(11,12)16(2,14)15/h3-6H,1-2H3. The van der Waals surface area contributed by atoms with Crippen LogP contribution in [-0.2, 0) is 9.84 Å². The number of carbonyl (C=O) groups is 1. The molecular formula is C10H10BrClO3S. The topological polar surface area (TPSA) is 51.2 Å². The van der Waals surface area contributed by atoms with Crippen LogP contribution in [0.2, 0.25) is 0 Å². The molecule has 0 aliphatic carbocycles. The van der Waals surface area contributed by atoms with E-state index in [1.165, 1.54) is 0 Å². The summed E-state index contributed by atoms with van der Waals surface area (Å²) in [6.07, 6.45) is 0.908. The molecule has 1 atom stereocenters. The van der Waals surface area contributed by atoms with Gasteiger partial charge in [0.2, 0.25) is 5.78 Å². The Morgan fingerprint density at radius 1 is 1.38 bits per heavy atom. The smallest absolute Gasteiger partial charge is 0.261 e. The van der Waals surface area contributed by atoms with Crippen molar-refractivity contribution in [2.75, 3.05) is 6.26 Å². The van der Waals surface area contributed by atoms with Gasteiger partial charge in [0.05, 0.1) is 0 Å². The summed E-state index contributed by atoms with van der Waals surface area (Å²) in [5, 5.41) is 0. The van der Waals surface area contributed by atoms with Crippen LogP contribution in [0.1, 0.15) is 15.9 Å². The fourth-order valence-corrected chi connectivity index (χ4v) is 1.91. The van der Waals surface area contributed by atoms with E-state index >= 15 is 0 Å². The molecule has 0 spiro atoms. The van der Waals surface area contributed by atoms with Crippen LogP contribution >= 0.6 is 27.5 Å². The van der Waals surface area contributed by atoms with E-state index in [4.69, 9.17) is 11.6 Å². The van der Waals surface area contributed by atoms with Crippen LogP contribution < -0.4 is 0 Å². The Hall–Kier alpha value is -0.390. The maximum Gasteiger partial charge on any atom is 0.261 e. The van der Waals surface area contributed by atoms with Crippen molar-refractivity contribution in [3.05, 3.63) is 35.4 Å². The summed E-state index contributed by atoms with van der Waals surface area (Å²) in [6.45, 7) is 1.72. The fraction of sp³-hybridized carbons (Fsp3) is 0.300. The number of hydrogen-bond acceptors (Lipinski definition) is 3. The predicted molar refractivity (Wildman–Crippen MR) is 67.9 cm³/mol. The SMILES string of the molecule is Cc1ccccc1C(=O)C(Cl)(Br)S(C)(=O)=O. The molecule has 0 aliphatic heterocycles. The van der Waals surface area contributed by atoms with Crippen LogP contribution in [0.5, 0.6) is 0 Å². The highest BCUT2D eigenvalue weighted by Gasteiger charge is 2.44. The molecule has 0 saturated carbocycles. The molecule has 3 nitrogen and oxygen atoms in total. The van der Waals surface area contributed by atoms with Crippen molar-refractivity contribution in [2.24, 2.45) is 0 Å². The Morgan fingerprint density at radius 3 is 2.31 bits per heavy atom. The first-order valence-corrected chi connectivity index (χ1v) is 7.42. The maximum absolute atomic E-state index is 12.0. The Balaban J connectivity index is 3.29. The molecule has 0 N–H and O–H groups in total. The zero-order valence-electron chi connectivity index (χ0n) is 8.70. The summed E-state index contributed by atoms with van der Waals surface area (Å²) in [4.78, 5) is 12.0. The first-order chi connectivity index (χ1) is 7.18. The second-order valence-corrected chi connectivity index (χ2v) is 8.55. The number of ketones is 1. The van der Waals surface area contributed by atoms with E-state index in [0.29, 0.717) is 11.1 Å². The molecule has 0 saturated heterocycles. The quantitative estimate of drug-likeness (QED) is 0.634. The van der Waals surface area contributed by atoms with Gasteiger partial charge in [0.25, 0.3) is 3.12 Å². The van der Waals surface area contributed by atoms with Crippen LogP contribution in [0.25, 0.3) is 0 Å². The maximum atomic E-state index is 12.0. The molecule has 0 amide bonds. The lowest BCUT2D eigenvalue weighted by Gasteiger charge is -2.17. The zero-order chi connectivity index (χ0) is 12.6. The van der Waals surface area contributed by atoms with Gasteiger partial charge < -0.3 is 0 Å². The number of carbonyl (C=O) groups excluding carboxylic acids is 1. The van der Waals surface area contributed by atoms with Crippen LogP contribution in [-0.4, -0.2) is 23.6 Å². The number of halogens is 2. The fourth-order valence-electron chi connectivity index (χ4n) is 1.15. The van der Waals surface area contributed by atoms with Crippen molar-refractivity contribution in [3.63, 3.8) is 0 Å². The molecule has 0 fully saturated rings. The van der Waals surface area contributed by atoms with Gasteiger partial charge >= 0.3 is 0 Å². The summed E-state index contributed by atoms with van der Waals surface area (Å²) in [6, 6.07) is 6.68. The first kappa shape index (κ1) is 13.7. The summed E-state index contributed by atoms with van der Waals surface area (Å²) in [5.41, 5.74) is 0.973. The molecule has 0 bridgehead atoms. The lowest BCUT2D eigenvalue weighted by molar-refractivity contribution is 0.0999. The number of sulfone groups is 1. The molecule has 1 rings (SSSR count). The Kier molecular flexibility index (Phi) is 3.82. The number of hydrogen-bond donors (Lipinski definition) is 0. The van der Waals surface area contributed by atoms with Crippen molar-refractivity contribution >= 4 is 43.2 Å². The highest BCUT2D eigenvalue weighted by Crippen LogP contribution is 2.34. The molecular weight excluding hydrogens is 316 g/mol. The lowest BCUT2D eigenvalue weighted by Crippen LogP contribution is -2.34. The number of aryl methyl sites for hydroxylation is 1. The van der Waals surface area contributed by atoms with Gasteiger partial charge in [0, 0.05) is 11.8 Å². The summed E-state index contributed by atoms with van der Waals surface area (Å²) >= 11 is 8.52. The average Bonchev–Trinajstić information content (AvgIpc) is 2.15. The molecule has 1 aromatic carbocycles. The third kappa shape index (κ3) is 2.47. The monoisotopic (exact) mass is 324 g/mol. The van der Waals surface area contributed by atoms with Crippen molar-refractivity contribution < 1.29 is 13.2 Å². The summed E-state index contributed by atoms with van der Waals surface area (Å²) in [7, 11) is -3.73. The van der Waals surface area contributed by atoms with Crippen LogP contribution in [0.15, 0.2) is 24.3 Å². The van der Waals surface area contributed by atoms with Gasteiger partial charge in [-0.3, -0.25) is 4.79 Å². The Morgan fingerprint density at radius 2 is 1.88 bits per heavy atom. The Bertz CT molecular complexity index is 523. The summed E-state index contributed by atoms with van der Waals surface area (Å²) in [5.74, 6) is -0.672. The second kappa shape index (κ2) is 4.47. The predicted octanol–water partition coefficient (Wildman–Crippen LogP) is 2.51. The van der Waals surface area contributed by atoms with E-state index in [2.05, 4.69) is 15.9 Å². The Labute approximate surface area is 108 Å². The molecule has 0 heterocycles. The largest absolute Gasteiger partial charge is 0.290 e. The van der Waals surface area contributed by atoms with Crippen LogP contribution in [0.4, 0.5) is 0 Å². The van der Waals surface area contributed by atoms with Gasteiger partial charge in [-0.05, 0) is 28.4 Å². The minimum absolute atomic E-state index is 0.291. The summed E-state index contributed by atoms with van der Waals surface area (Å²) < 4.78 is 20.7. The molecule has 88 valence electrons. The van der Waals surface area contributed by atoms with Crippen molar-refractivity contribution in [2.45, 2.75) is 10.0 Å². The number of rotatable bonds is 3. The normalized spacial score (nSPS) is 15.5. The van der Waals surface area contributed by atoms with E-state index in [1.807, 2.05) is 0 Å². The van der Waals surface area contributed by atoms with Gasteiger partial charge in [-0.15, -0.1) is 0 Å². The molecule has 1 aromatic rings.